The standard InChI is InChI=1S/C23H27N7O2S/c1-14-10-15(2)30-22(25-14)27-23(28-30)33-13-20(31)26-21-18(11-24)17-7-3-4-8-19(17)29(21)12-16-6-5-9-32-16/h10,16H,3-9,12-13H2,1-2H3,(H,26,31)/t16-/m0/s1. The Morgan fingerprint density at radius 3 is 2.94 bits per heavy atom. The zero-order chi connectivity index (χ0) is 22.9. The lowest BCUT2D eigenvalue weighted by Gasteiger charge is -2.19. The van der Waals surface area contributed by atoms with Crippen LogP contribution in [-0.4, -0.2) is 48.5 Å². The molecule has 33 heavy (non-hydrogen) atoms. The van der Waals surface area contributed by atoms with E-state index in [9.17, 15) is 10.1 Å². The van der Waals surface area contributed by atoms with Crippen molar-refractivity contribution in [2.24, 2.45) is 0 Å². The summed E-state index contributed by atoms with van der Waals surface area (Å²) in [6.45, 7) is 5.31. The van der Waals surface area contributed by atoms with Gasteiger partial charge in [-0.15, -0.1) is 5.10 Å². The molecule has 3 aromatic rings. The zero-order valence-corrected chi connectivity index (χ0v) is 19.7. The van der Waals surface area contributed by atoms with Crippen molar-refractivity contribution in [2.75, 3.05) is 17.7 Å². The van der Waals surface area contributed by atoms with Crippen LogP contribution in [0.3, 0.4) is 0 Å². The van der Waals surface area contributed by atoms with E-state index in [1.165, 1.54) is 17.5 Å². The summed E-state index contributed by atoms with van der Waals surface area (Å²) >= 11 is 1.26. The highest BCUT2D eigenvalue weighted by atomic mass is 32.2. The molecule has 1 aliphatic carbocycles. The monoisotopic (exact) mass is 465 g/mol. The van der Waals surface area contributed by atoms with Crippen molar-refractivity contribution >= 4 is 29.3 Å². The third-order valence-electron chi connectivity index (χ3n) is 6.28. The molecule has 9 nitrogen and oxygen atoms in total. The second kappa shape index (κ2) is 9.15. The van der Waals surface area contributed by atoms with Gasteiger partial charge in [-0.2, -0.15) is 10.2 Å². The van der Waals surface area contributed by atoms with E-state index in [-0.39, 0.29) is 17.8 Å². The van der Waals surface area contributed by atoms with Gasteiger partial charge in [0.25, 0.3) is 5.78 Å². The van der Waals surface area contributed by atoms with Gasteiger partial charge in [0.1, 0.15) is 11.9 Å². The van der Waals surface area contributed by atoms with Crippen molar-refractivity contribution < 1.29 is 9.53 Å². The number of ether oxygens (including phenoxy) is 1. The number of rotatable bonds is 6. The SMILES string of the molecule is Cc1cc(C)n2nc(SCC(=O)Nc3c(C#N)c4c(n3C[C@@H]3CCCO3)CCCC4)nc2n1. The maximum atomic E-state index is 12.9. The summed E-state index contributed by atoms with van der Waals surface area (Å²) in [5.41, 5.74) is 4.68. The number of fused-ring (bicyclic) bond motifs is 2. The first kappa shape index (κ1) is 21.9. The fraction of sp³-hybridized carbons (Fsp3) is 0.522. The number of aryl methyl sites for hydroxylation is 2. The van der Waals surface area contributed by atoms with Gasteiger partial charge in [0.15, 0.2) is 0 Å². The number of aromatic nitrogens is 5. The second-order valence-corrected chi connectivity index (χ2v) is 9.64. The van der Waals surface area contributed by atoms with Crippen molar-refractivity contribution in [2.45, 2.75) is 70.2 Å². The molecule has 1 atom stereocenters. The smallest absolute Gasteiger partial charge is 0.253 e. The minimum absolute atomic E-state index is 0.126. The van der Waals surface area contributed by atoms with Gasteiger partial charge in [0.05, 0.1) is 24.0 Å². The summed E-state index contributed by atoms with van der Waals surface area (Å²) in [6, 6.07) is 4.30. The number of carbonyl (C=O) groups is 1. The molecular weight excluding hydrogens is 438 g/mol. The van der Waals surface area contributed by atoms with Crippen molar-refractivity contribution in [3.63, 3.8) is 0 Å². The van der Waals surface area contributed by atoms with Crippen LogP contribution < -0.4 is 5.32 Å². The average Bonchev–Trinajstić information content (AvgIpc) is 3.51. The highest BCUT2D eigenvalue weighted by Crippen LogP contribution is 2.34. The van der Waals surface area contributed by atoms with Gasteiger partial charge in [0, 0.05) is 23.7 Å². The van der Waals surface area contributed by atoms with Crippen molar-refractivity contribution in [1.29, 1.82) is 5.26 Å². The van der Waals surface area contributed by atoms with Gasteiger partial charge in [-0.1, -0.05) is 11.8 Å². The normalized spacial score (nSPS) is 17.8. The molecule has 0 unspecified atom stereocenters. The number of thioether (sulfide) groups is 1. The zero-order valence-electron chi connectivity index (χ0n) is 18.9. The Morgan fingerprint density at radius 1 is 1.30 bits per heavy atom. The lowest BCUT2D eigenvalue weighted by atomic mass is 9.95. The van der Waals surface area contributed by atoms with Crippen LogP contribution in [0.5, 0.6) is 0 Å². The molecule has 4 heterocycles. The van der Waals surface area contributed by atoms with Gasteiger partial charge in [0.2, 0.25) is 11.1 Å². The first-order chi connectivity index (χ1) is 16.0. The summed E-state index contributed by atoms with van der Waals surface area (Å²) in [7, 11) is 0. The Balaban J connectivity index is 1.36. The summed E-state index contributed by atoms with van der Waals surface area (Å²) < 4.78 is 9.67. The van der Waals surface area contributed by atoms with Crippen molar-refractivity contribution in [3.05, 3.63) is 34.3 Å². The number of nitrogens with one attached hydrogen (secondary N) is 1. The largest absolute Gasteiger partial charge is 0.376 e. The van der Waals surface area contributed by atoms with Crippen LogP contribution in [-0.2, 0) is 28.9 Å². The minimum atomic E-state index is -0.181. The predicted molar refractivity (Wildman–Crippen MR) is 124 cm³/mol. The molecule has 0 bridgehead atoms. The second-order valence-electron chi connectivity index (χ2n) is 8.70. The first-order valence-corrected chi connectivity index (χ1v) is 12.4. The van der Waals surface area contributed by atoms with Gasteiger partial charge >= 0.3 is 0 Å². The van der Waals surface area contributed by atoms with Gasteiger partial charge < -0.3 is 14.6 Å². The Kier molecular flexibility index (Phi) is 6.08. The molecule has 1 fully saturated rings. The fourth-order valence-corrected chi connectivity index (χ4v) is 5.44. The molecule has 1 N–H and O–H groups in total. The fourth-order valence-electron chi connectivity index (χ4n) is 4.82. The topological polar surface area (TPSA) is 110 Å². The van der Waals surface area contributed by atoms with Gasteiger partial charge in [-0.25, -0.2) is 9.50 Å². The van der Waals surface area contributed by atoms with E-state index in [0.717, 1.165) is 62.1 Å². The minimum Gasteiger partial charge on any atom is -0.376 e. The number of amides is 1. The molecule has 2 aliphatic rings. The predicted octanol–water partition coefficient (Wildman–Crippen LogP) is 3.20. The van der Waals surface area contributed by atoms with Gasteiger partial charge in [-0.05, 0) is 64.0 Å². The quantitative estimate of drug-likeness (QED) is 0.557. The lowest BCUT2D eigenvalue weighted by molar-refractivity contribution is -0.113. The summed E-state index contributed by atoms with van der Waals surface area (Å²) in [5, 5.41) is 17.9. The summed E-state index contributed by atoms with van der Waals surface area (Å²) in [4.78, 5) is 21.8. The van der Waals surface area contributed by atoms with Crippen LogP contribution in [0.15, 0.2) is 11.2 Å². The third-order valence-corrected chi connectivity index (χ3v) is 7.12. The molecule has 0 radical (unpaired) electrons. The molecule has 5 rings (SSSR count). The van der Waals surface area contributed by atoms with Crippen molar-refractivity contribution in [3.8, 4) is 6.07 Å². The van der Waals surface area contributed by atoms with E-state index < -0.39 is 0 Å². The highest BCUT2D eigenvalue weighted by Gasteiger charge is 2.28. The van der Waals surface area contributed by atoms with Gasteiger partial charge in [-0.3, -0.25) is 4.79 Å². The number of anilines is 1. The average molecular weight is 466 g/mol. The lowest BCUT2D eigenvalue weighted by Crippen LogP contribution is -2.23. The Bertz CT molecular complexity index is 1250. The van der Waals surface area contributed by atoms with E-state index in [0.29, 0.717) is 28.9 Å². The summed E-state index contributed by atoms with van der Waals surface area (Å²) in [5.74, 6) is 1.11. The van der Waals surface area contributed by atoms with E-state index in [2.05, 4.69) is 31.0 Å². The van der Waals surface area contributed by atoms with E-state index in [4.69, 9.17) is 4.74 Å². The molecule has 0 spiro atoms. The molecule has 1 amide bonds. The molecule has 0 aromatic carbocycles. The third kappa shape index (κ3) is 4.35. The Hall–Kier alpha value is -2.90. The van der Waals surface area contributed by atoms with Crippen LogP contribution in [0.2, 0.25) is 0 Å². The number of nitriles is 1. The maximum Gasteiger partial charge on any atom is 0.253 e. The maximum absolute atomic E-state index is 12.9. The molecule has 3 aromatic heterocycles. The van der Waals surface area contributed by atoms with Crippen LogP contribution in [0, 0.1) is 25.2 Å². The van der Waals surface area contributed by atoms with E-state index in [1.54, 1.807) is 4.52 Å². The molecular formula is C23H27N7O2S. The van der Waals surface area contributed by atoms with Crippen LogP contribution >= 0.6 is 11.8 Å². The molecule has 1 saturated heterocycles. The molecule has 0 saturated carbocycles. The van der Waals surface area contributed by atoms with Crippen LogP contribution in [0.1, 0.15) is 53.9 Å². The first-order valence-electron chi connectivity index (χ1n) is 11.4. The number of carbonyl (C=O) groups excluding carboxylic acids is 1. The van der Waals surface area contributed by atoms with Crippen molar-refractivity contribution in [1.82, 2.24) is 24.1 Å². The van der Waals surface area contributed by atoms with Crippen LogP contribution in [0.25, 0.3) is 5.78 Å². The summed E-state index contributed by atoms with van der Waals surface area (Å²) in [6.07, 6.45) is 6.16. The molecule has 172 valence electrons. The number of hydrogen-bond acceptors (Lipinski definition) is 7. The van der Waals surface area contributed by atoms with E-state index in [1.807, 2.05) is 19.9 Å². The molecule has 10 heteroatoms. The highest BCUT2D eigenvalue weighted by molar-refractivity contribution is 7.99. The Morgan fingerprint density at radius 2 is 2.15 bits per heavy atom. The molecule has 1 aliphatic heterocycles. The van der Waals surface area contributed by atoms with E-state index >= 15 is 0 Å². The van der Waals surface area contributed by atoms with Crippen LogP contribution in [0.4, 0.5) is 5.82 Å². The Labute approximate surface area is 196 Å². The number of nitrogens with zero attached hydrogens (tertiary/aromatic N) is 6. The number of hydrogen-bond donors (Lipinski definition) is 1.